The van der Waals surface area contributed by atoms with Crippen molar-refractivity contribution in [2.24, 2.45) is 5.73 Å². The molecule has 12 heavy (non-hydrogen) atoms. The number of nitrogens with two attached hydrogens (primary N) is 1. The largest absolute Gasteiger partial charge is 0.415 e. The highest BCUT2D eigenvalue weighted by Crippen LogP contribution is 2.28. The van der Waals surface area contributed by atoms with Crippen LogP contribution in [-0.4, -0.2) is 20.6 Å². The second-order valence-electron chi connectivity index (χ2n) is 3.91. The molecule has 1 rings (SSSR count). The van der Waals surface area contributed by atoms with Crippen LogP contribution in [0.25, 0.3) is 0 Å². The Morgan fingerprint density at radius 3 is 2.67 bits per heavy atom. The molecule has 2 nitrogen and oxygen atoms in total. The Morgan fingerprint density at radius 1 is 1.50 bits per heavy atom. The molecule has 0 spiro atoms. The minimum atomic E-state index is -1.48. The van der Waals surface area contributed by atoms with Crippen molar-refractivity contribution in [2.45, 2.75) is 50.9 Å². The average Bonchev–Trinajstić information content (AvgIpc) is 2.06. The van der Waals surface area contributed by atoms with Crippen molar-refractivity contribution >= 4 is 8.32 Å². The van der Waals surface area contributed by atoms with Crippen molar-refractivity contribution in [2.75, 3.05) is 6.61 Å². The highest BCUT2D eigenvalue weighted by Gasteiger charge is 2.39. The van der Waals surface area contributed by atoms with E-state index in [0.717, 1.165) is 6.61 Å². The van der Waals surface area contributed by atoms with Crippen LogP contribution in [0.4, 0.5) is 0 Å². The zero-order valence-corrected chi connectivity index (χ0v) is 9.31. The van der Waals surface area contributed by atoms with Gasteiger partial charge in [-0.15, -0.1) is 0 Å². The normalized spacial score (nSPS) is 33.2. The summed E-state index contributed by atoms with van der Waals surface area (Å²) in [6.07, 6.45) is 3.81. The second-order valence-corrected chi connectivity index (χ2v) is 8.24. The Labute approximate surface area is 76.6 Å². The molecule has 1 saturated heterocycles. The molecule has 0 aromatic rings. The van der Waals surface area contributed by atoms with Crippen molar-refractivity contribution < 1.29 is 4.43 Å². The van der Waals surface area contributed by atoms with E-state index in [1.54, 1.807) is 0 Å². The third-order valence-corrected chi connectivity index (χ3v) is 7.87. The van der Waals surface area contributed by atoms with Gasteiger partial charge in [0.25, 0.3) is 0 Å². The summed E-state index contributed by atoms with van der Waals surface area (Å²) in [6.45, 7) is 5.33. The van der Waals surface area contributed by atoms with Crippen LogP contribution in [0.3, 0.4) is 0 Å². The lowest BCUT2D eigenvalue weighted by atomic mass is 10.4. The Balaban J connectivity index is 2.56. The lowest BCUT2D eigenvalue weighted by Crippen LogP contribution is -2.55. The lowest BCUT2D eigenvalue weighted by molar-refractivity contribution is 0.258. The molecule has 1 fully saturated rings. The Kier molecular flexibility index (Phi) is 3.74. The van der Waals surface area contributed by atoms with E-state index in [1.165, 1.54) is 31.4 Å². The Bertz CT molecular complexity index is 127. The monoisotopic (exact) mass is 187 g/mol. The van der Waals surface area contributed by atoms with Crippen molar-refractivity contribution in [1.29, 1.82) is 0 Å². The Hall–Kier alpha value is 0.137. The summed E-state index contributed by atoms with van der Waals surface area (Å²) in [6, 6.07) is 2.54. The van der Waals surface area contributed by atoms with Crippen molar-refractivity contribution in [3.63, 3.8) is 0 Å². The molecule has 0 aliphatic carbocycles. The van der Waals surface area contributed by atoms with E-state index in [0.29, 0.717) is 5.67 Å². The van der Waals surface area contributed by atoms with Crippen molar-refractivity contribution in [1.82, 2.24) is 0 Å². The first-order valence-corrected chi connectivity index (χ1v) is 7.51. The van der Waals surface area contributed by atoms with Gasteiger partial charge in [-0.05, 0) is 18.5 Å². The van der Waals surface area contributed by atoms with Crippen LogP contribution in [-0.2, 0) is 4.43 Å². The standard InChI is InChI=1S/C9H21NOSi/c1-3-7-12(9(2)10)8-5-4-6-11-12/h9H,3-8,10H2,1-2H3. The second kappa shape index (κ2) is 4.39. The molecule has 1 aliphatic heterocycles. The summed E-state index contributed by atoms with van der Waals surface area (Å²) in [4.78, 5) is 0. The molecule has 0 saturated carbocycles. The Morgan fingerprint density at radius 2 is 2.25 bits per heavy atom. The first-order chi connectivity index (χ1) is 5.71. The third-order valence-electron chi connectivity index (χ3n) is 2.89. The molecular formula is C9H21NOSi. The minimum Gasteiger partial charge on any atom is -0.415 e. The first-order valence-electron chi connectivity index (χ1n) is 5.11. The van der Waals surface area contributed by atoms with Gasteiger partial charge in [-0.25, -0.2) is 0 Å². The summed E-state index contributed by atoms with van der Waals surface area (Å²) in [5, 5.41) is 0. The fourth-order valence-corrected chi connectivity index (χ4v) is 6.04. The molecule has 0 bridgehead atoms. The molecule has 0 radical (unpaired) electrons. The van der Waals surface area contributed by atoms with E-state index in [9.17, 15) is 0 Å². The zero-order chi connectivity index (χ0) is 9.03. The maximum Gasteiger partial charge on any atom is 0.208 e. The highest BCUT2D eigenvalue weighted by molar-refractivity contribution is 6.75. The molecule has 2 atom stereocenters. The fourth-order valence-electron chi connectivity index (χ4n) is 2.08. The maximum atomic E-state index is 6.02. The summed E-state index contributed by atoms with van der Waals surface area (Å²) in [5.41, 5.74) is 6.34. The van der Waals surface area contributed by atoms with Crippen LogP contribution in [0.15, 0.2) is 0 Å². The summed E-state index contributed by atoms with van der Waals surface area (Å²) in [7, 11) is -1.48. The number of hydrogen-bond donors (Lipinski definition) is 1. The summed E-state index contributed by atoms with van der Waals surface area (Å²) in [5.74, 6) is 0. The van der Waals surface area contributed by atoms with Gasteiger partial charge in [0.15, 0.2) is 0 Å². The van der Waals surface area contributed by atoms with Gasteiger partial charge in [-0.1, -0.05) is 26.7 Å². The van der Waals surface area contributed by atoms with E-state index < -0.39 is 8.32 Å². The summed E-state index contributed by atoms with van der Waals surface area (Å²) < 4.78 is 5.98. The SMILES string of the molecule is CCC[Si]1(C(C)N)CCCCO1. The number of rotatable bonds is 3. The highest BCUT2D eigenvalue weighted by atomic mass is 28.4. The predicted molar refractivity (Wildman–Crippen MR) is 54.5 cm³/mol. The molecular weight excluding hydrogens is 166 g/mol. The van der Waals surface area contributed by atoms with Gasteiger partial charge in [0.05, 0.1) is 0 Å². The van der Waals surface area contributed by atoms with Gasteiger partial charge < -0.3 is 10.2 Å². The van der Waals surface area contributed by atoms with Crippen molar-refractivity contribution in [3.05, 3.63) is 0 Å². The van der Waals surface area contributed by atoms with Gasteiger partial charge in [-0.2, -0.15) is 0 Å². The van der Waals surface area contributed by atoms with E-state index in [2.05, 4.69) is 13.8 Å². The maximum absolute atomic E-state index is 6.02. The quantitative estimate of drug-likeness (QED) is 0.686. The van der Waals surface area contributed by atoms with E-state index in [4.69, 9.17) is 10.2 Å². The van der Waals surface area contributed by atoms with Crippen molar-refractivity contribution in [3.8, 4) is 0 Å². The predicted octanol–water partition coefficient (Wildman–Crippen LogP) is 2.04. The van der Waals surface area contributed by atoms with Crippen LogP contribution < -0.4 is 5.73 Å². The van der Waals surface area contributed by atoms with E-state index in [-0.39, 0.29) is 0 Å². The third kappa shape index (κ3) is 2.09. The molecule has 0 aromatic carbocycles. The van der Waals surface area contributed by atoms with Gasteiger partial charge in [0, 0.05) is 12.3 Å². The molecule has 0 aromatic heterocycles. The molecule has 2 N–H and O–H groups in total. The molecule has 3 heteroatoms. The minimum absolute atomic E-state index is 0.317. The average molecular weight is 187 g/mol. The van der Waals surface area contributed by atoms with Crippen LogP contribution in [0.1, 0.15) is 33.1 Å². The van der Waals surface area contributed by atoms with Gasteiger partial charge >= 0.3 is 0 Å². The summed E-state index contributed by atoms with van der Waals surface area (Å²) >= 11 is 0. The van der Waals surface area contributed by atoms with Gasteiger partial charge in [-0.3, -0.25) is 0 Å². The number of hydrogen-bond acceptors (Lipinski definition) is 2. The van der Waals surface area contributed by atoms with Crippen LogP contribution in [0.2, 0.25) is 12.1 Å². The van der Waals surface area contributed by atoms with Crippen LogP contribution >= 0.6 is 0 Å². The zero-order valence-electron chi connectivity index (χ0n) is 8.31. The molecule has 72 valence electrons. The van der Waals surface area contributed by atoms with Crippen LogP contribution in [0.5, 0.6) is 0 Å². The molecule has 2 unspecified atom stereocenters. The van der Waals surface area contributed by atoms with Gasteiger partial charge in [0.2, 0.25) is 8.32 Å². The van der Waals surface area contributed by atoms with Gasteiger partial charge in [0.1, 0.15) is 0 Å². The molecule has 0 amide bonds. The topological polar surface area (TPSA) is 35.2 Å². The fraction of sp³-hybridized carbons (Fsp3) is 1.00. The smallest absolute Gasteiger partial charge is 0.208 e. The molecule has 1 aliphatic rings. The van der Waals surface area contributed by atoms with E-state index in [1.807, 2.05) is 0 Å². The van der Waals surface area contributed by atoms with Crippen LogP contribution in [0, 0.1) is 0 Å². The first kappa shape index (κ1) is 10.2. The molecule has 1 heterocycles. The lowest BCUT2D eigenvalue weighted by Gasteiger charge is -2.38. The van der Waals surface area contributed by atoms with E-state index >= 15 is 0 Å².